The fraction of sp³-hybridized carbons (Fsp3) is 0.217. The third-order valence-electron chi connectivity index (χ3n) is 5.16. The number of aryl methyl sites for hydroxylation is 1. The summed E-state index contributed by atoms with van der Waals surface area (Å²) in [6.45, 7) is 4.27. The number of hydrazone groups is 1. The quantitative estimate of drug-likeness (QED) is 0.506. The molecule has 0 unspecified atom stereocenters. The van der Waals surface area contributed by atoms with Gasteiger partial charge in [-0.25, -0.2) is 10.4 Å². The van der Waals surface area contributed by atoms with Crippen LogP contribution in [0, 0.1) is 11.3 Å². The monoisotopic (exact) mass is 398 g/mol. The molecule has 2 N–H and O–H groups in total. The molecule has 0 amide bonds. The second-order valence-corrected chi connectivity index (χ2v) is 7.06. The minimum absolute atomic E-state index is 0.0223. The number of benzene rings is 2. The van der Waals surface area contributed by atoms with Gasteiger partial charge in [0.1, 0.15) is 11.6 Å². The zero-order valence-corrected chi connectivity index (χ0v) is 16.7. The van der Waals surface area contributed by atoms with Gasteiger partial charge in [0.05, 0.1) is 11.9 Å². The van der Waals surface area contributed by atoms with E-state index in [4.69, 9.17) is 0 Å². The van der Waals surface area contributed by atoms with Crippen molar-refractivity contribution in [2.45, 2.75) is 19.8 Å². The van der Waals surface area contributed by atoms with Crippen molar-refractivity contribution < 1.29 is 0 Å². The van der Waals surface area contributed by atoms with Gasteiger partial charge in [0.2, 0.25) is 5.95 Å². The Morgan fingerprint density at radius 2 is 2.13 bits per heavy atom. The lowest BCUT2D eigenvalue weighted by atomic mass is 9.99. The third-order valence-corrected chi connectivity index (χ3v) is 5.16. The number of nitriles is 1. The summed E-state index contributed by atoms with van der Waals surface area (Å²) in [6, 6.07) is 17.4. The number of anilines is 2. The molecule has 2 heterocycles. The van der Waals surface area contributed by atoms with E-state index in [-0.39, 0.29) is 11.5 Å². The first-order chi connectivity index (χ1) is 14.7. The lowest BCUT2D eigenvalue weighted by Gasteiger charge is -2.30. The van der Waals surface area contributed by atoms with Gasteiger partial charge in [0.15, 0.2) is 0 Å². The Hall–Kier alpha value is -3.92. The Morgan fingerprint density at radius 1 is 1.30 bits per heavy atom. The highest BCUT2D eigenvalue weighted by Crippen LogP contribution is 2.27. The van der Waals surface area contributed by atoms with E-state index >= 15 is 0 Å². The highest BCUT2D eigenvalue weighted by Gasteiger charge is 2.15. The Bertz CT molecular complexity index is 1180. The molecule has 0 spiro atoms. The van der Waals surface area contributed by atoms with Crippen LogP contribution >= 0.6 is 0 Å². The van der Waals surface area contributed by atoms with Gasteiger partial charge in [-0.3, -0.25) is 9.78 Å². The largest absolute Gasteiger partial charge is 0.372 e. The maximum Gasteiger partial charge on any atom is 0.270 e. The first-order valence-corrected chi connectivity index (χ1v) is 9.96. The van der Waals surface area contributed by atoms with Gasteiger partial charge in [-0.1, -0.05) is 36.4 Å². The first-order valence-electron chi connectivity index (χ1n) is 9.96. The van der Waals surface area contributed by atoms with Gasteiger partial charge < -0.3 is 4.90 Å². The van der Waals surface area contributed by atoms with Crippen LogP contribution in [0.25, 0.3) is 11.3 Å². The molecule has 0 saturated heterocycles. The molecule has 1 aliphatic rings. The molecular formula is C23H22N6O. The molecule has 0 fully saturated rings. The molecule has 0 radical (unpaired) electrons. The van der Waals surface area contributed by atoms with E-state index in [9.17, 15) is 10.1 Å². The Balaban J connectivity index is 1.57. The normalized spacial score (nSPS) is 13.1. The van der Waals surface area contributed by atoms with Gasteiger partial charge in [0.25, 0.3) is 5.56 Å². The molecular weight excluding hydrogens is 376 g/mol. The number of hydrogen-bond acceptors (Lipinski definition) is 6. The van der Waals surface area contributed by atoms with Crippen LogP contribution in [-0.4, -0.2) is 29.3 Å². The predicted octanol–water partition coefficient (Wildman–Crippen LogP) is 3.53. The number of fused-ring (bicyclic) bond motifs is 1. The highest BCUT2D eigenvalue weighted by molar-refractivity contribution is 5.82. The summed E-state index contributed by atoms with van der Waals surface area (Å²) >= 11 is 0. The molecule has 7 heteroatoms. The number of aromatic nitrogens is 2. The lowest BCUT2D eigenvalue weighted by Crippen LogP contribution is -2.28. The van der Waals surface area contributed by atoms with Crippen molar-refractivity contribution in [3.63, 3.8) is 0 Å². The van der Waals surface area contributed by atoms with E-state index in [1.165, 1.54) is 11.3 Å². The van der Waals surface area contributed by atoms with Gasteiger partial charge >= 0.3 is 0 Å². The van der Waals surface area contributed by atoms with Crippen molar-refractivity contribution in [2.24, 2.45) is 5.10 Å². The minimum Gasteiger partial charge on any atom is -0.372 e. The number of aromatic amines is 1. The predicted molar refractivity (Wildman–Crippen MR) is 119 cm³/mol. The molecule has 0 atom stereocenters. The van der Waals surface area contributed by atoms with E-state index in [2.05, 4.69) is 44.5 Å². The van der Waals surface area contributed by atoms with Gasteiger partial charge in [-0.15, -0.1) is 0 Å². The summed E-state index contributed by atoms with van der Waals surface area (Å²) in [5.41, 5.74) is 6.86. The summed E-state index contributed by atoms with van der Waals surface area (Å²) in [4.78, 5) is 21.6. The van der Waals surface area contributed by atoms with Crippen LogP contribution in [0.3, 0.4) is 0 Å². The molecule has 30 heavy (non-hydrogen) atoms. The molecule has 0 saturated carbocycles. The molecule has 2 aromatic carbocycles. The Labute approximate surface area is 174 Å². The fourth-order valence-electron chi connectivity index (χ4n) is 3.71. The number of nitrogens with one attached hydrogen (secondary N) is 2. The van der Waals surface area contributed by atoms with Crippen LogP contribution in [-0.2, 0) is 6.42 Å². The summed E-state index contributed by atoms with van der Waals surface area (Å²) < 4.78 is 0. The van der Waals surface area contributed by atoms with Gasteiger partial charge in [-0.05, 0) is 43.0 Å². The zero-order valence-electron chi connectivity index (χ0n) is 16.7. The molecule has 4 rings (SSSR count). The summed E-state index contributed by atoms with van der Waals surface area (Å²) in [6.07, 6.45) is 3.91. The van der Waals surface area contributed by atoms with Crippen molar-refractivity contribution in [3.8, 4) is 17.3 Å². The van der Waals surface area contributed by atoms with E-state index in [1.54, 1.807) is 6.21 Å². The third kappa shape index (κ3) is 3.94. The second-order valence-electron chi connectivity index (χ2n) is 7.06. The van der Waals surface area contributed by atoms with Crippen molar-refractivity contribution in [1.82, 2.24) is 9.97 Å². The SMILES string of the molecule is CCN1CCCc2cc(C=NNc3nc(-c4ccccc4)c(C#N)c(=O)[nH]3)ccc21. The van der Waals surface area contributed by atoms with E-state index in [0.717, 1.165) is 31.5 Å². The van der Waals surface area contributed by atoms with Gasteiger partial charge in [0, 0.05) is 24.3 Å². The van der Waals surface area contributed by atoms with Crippen LogP contribution in [0.1, 0.15) is 30.0 Å². The maximum absolute atomic E-state index is 12.3. The molecule has 0 bridgehead atoms. The molecule has 1 aliphatic heterocycles. The van der Waals surface area contributed by atoms with Crippen molar-refractivity contribution in [3.05, 3.63) is 75.6 Å². The van der Waals surface area contributed by atoms with Crippen molar-refractivity contribution in [1.29, 1.82) is 5.26 Å². The zero-order chi connectivity index (χ0) is 20.9. The van der Waals surface area contributed by atoms with E-state index in [0.29, 0.717) is 11.3 Å². The van der Waals surface area contributed by atoms with Crippen LogP contribution in [0.15, 0.2) is 58.4 Å². The maximum atomic E-state index is 12.3. The average Bonchev–Trinajstić information content (AvgIpc) is 2.78. The summed E-state index contributed by atoms with van der Waals surface area (Å²) in [5, 5.41) is 13.6. The van der Waals surface area contributed by atoms with Crippen molar-refractivity contribution >= 4 is 17.9 Å². The first kappa shape index (κ1) is 19.4. The Morgan fingerprint density at radius 3 is 2.90 bits per heavy atom. The minimum atomic E-state index is -0.502. The topological polar surface area (TPSA) is 97.2 Å². The lowest BCUT2D eigenvalue weighted by molar-refractivity contribution is 0.708. The number of rotatable bonds is 5. The summed E-state index contributed by atoms with van der Waals surface area (Å²) in [5.74, 6) is 0.184. The Kier molecular flexibility index (Phi) is 5.57. The molecule has 150 valence electrons. The summed E-state index contributed by atoms with van der Waals surface area (Å²) in [7, 11) is 0. The second kappa shape index (κ2) is 8.62. The molecule has 7 nitrogen and oxygen atoms in total. The highest BCUT2D eigenvalue weighted by atomic mass is 16.1. The molecule has 3 aromatic rings. The van der Waals surface area contributed by atoms with Crippen LogP contribution < -0.4 is 15.9 Å². The fourth-order valence-corrected chi connectivity index (χ4v) is 3.71. The number of hydrogen-bond donors (Lipinski definition) is 2. The number of nitrogens with zero attached hydrogens (tertiary/aromatic N) is 4. The molecule has 0 aliphatic carbocycles. The average molecular weight is 398 g/mol. The smallest absolute Gasteiger partial charge is 0.270 e. The molecule has 1 aromatic heterocycles. The number of H-pyrrole nitrogens is 1. The van der Waals surface area contributed by atoms with E-state index < -0.39 is 5.56 Å². The van der Waals surface area contributed by atoms with Crippen LogP contribution in [0.2, 0.25) is 0 Å². The van der Waals surface area contributed by atoms with Crippen LogP contribution in [0.5, 0.6) is 0 Å². The van der Waals surface area contributed by atoms with Crippen molar-refractivity contribution in [2.75, 3.05) is 23.4 Å². The van der Waals surface area contributed by atoms with Crippen LogP contribution in [0.4, 0.5) is 11.6 Å². The van der Waals surface area contributed by atoms with Gasteiger partial charge in [-0.2, -0.15) is 10.4 Å². The van der Waals surface area contributed by atoms with E-state index in [1.807, 2.05) is 42.5 Å². The standard InChI is InChI=1S/C23H22N6O/c1-2-29-12-6-9-18-13-16(10-11-20(18)29)15-25-28-23-26-21(17-7-4-3-5-8-17)19(14-24)22(30)27-23/h3-5,7-8,10-11,13,15H,2,6,9,12H2,1H3,(H2,26,27,28,30).